The molecular formula is C14H17ClFNO2. The molecule has 0 aliphatic heterocycles. The summed E-state index contributed by atoms with van der Waals surface area (Å²) < 4.78 is 13.2. The van der Waals surface area contributed by atoms with Crippen molar-refractivity contribution in [2.45, 2.75) is 26.4 Å². The molecule has 19 heavy (non-hydrogen) atoms. The topological polar surface area (TPSA) is 49.3 Å². The SMILES string of the molecule is CC/C=C(/C)C(=O)NCC(O)c1ccc(Cl)c(F)c1. The Morgan fingerprint density at radius 2 is 2.26 bits per heavy atom. The molecule has 0 aliphatic rings. The van der Waals surface area contributed by atoms with Gasteiger partial charge < -0.3 is 10.4 Å². The van der Waals surface area contributed by atoms with E-state index in [4.69, 9.17) is 11.6 Å². The lowest BCUT2D eigenvalue weighted by Gasteiger charge is -2.13. The van der Waals surface area contributed by atoms with Gasteiger partial charge in [-0.1, -0.05) is 30.7 Å². The van der Waals surface area contributed by atoms with Crippen molar-refractivity contribution in [2.75, 3.05) is 6.54 Å². The van der Waals surface area contributed by atoms with Crippen molar-refractivity contribution in [3.63, 3.8) is 0 Å². The smallest absolute Gasteiger partial charge is 0.246 e. The Morgan fingerprint density at radius 1 is 1.58 bits per heavy atom. The molecule has 0 aliphatic carbocycles. The Hall–Kier alpha value is -1.39. The minimum Gasteiger partial charge on any atom is -0.387 e. The second kappa shape index (κ2) is 7.26. The van der Waals surface area contributed by atoms with E-state index in [0.717, 1.165) is 12.5 Å². The number of hydrogen-bond donors (Lipinski definition) is 2. The van der Waals surface area contributed by atoms with Crippen LogP contribution >= 0.6 is 11.6 Å². The van der Waals surface area contributed by atoms with Gasteiger partial charge >= 0.3 is 0 Å². The summed E-state index contributed by atoms with van der Waals surface area (Å²) in [5, 5.41) is 12.4. The summed E-state index contributed by atoms with van der Waals surface area (Å²) in [6.07, 6.45) is 1.60. The second-order valence-electron chi connectivity index (χ2n) is 4.19. The molecule has 0 bridgehead atoms. The molecule has 1 aromatic carbocycles. The zero-order valence-corrected chi connectivity index (χ0v) is 11.7. The number of carbonyl (C=O) groups excluding carboxylic acids is 1. The highest BCUT2D eigenvalue weighted by atomic mass is 35.5. The molecule has 1 unspecified atom stereocenters. The molecule has 5 heteroatoms. The number of aliphatic hydroxyl groups excluding tert-OH is 1. The number of halogens is 2. The highest BCUT2D eigenvalue weighted by molar-refractivity contribution is 6.30. The molecule has 3 nitrogen and oxygen atoms in total. The third-order valence-corrected chi connectivity index (χ3v) is 2.96. The first-order chi connectivity index (χ1) is 8.95. The van der Waals surface area contributed by atoms with E-state index in [1.54, 1.807) is 13.0 Å². The average molecular weight is 286 g/mol. The molecule has 0 radical (unpaired) electrons. The van der Waals surface area contributed by atoms with Gasteiger partial charge in [0.15, 0.2) is 0 Å². The zero-order chi connectivity index (χ0) is 14.4. The Bertz CT molecular complexity index is 488. The molecule has 2 N–H and O–H groups in total. The highest BCUT2D eigenvalue weighted by Gasteiger charge is 2.12. The van der Waals surface area contributed by atoms with Crippen LogP contribution in [0.4, 0.5) is 4.39 Å². The molecule has 0 saturated carbocycles. The average Bonchev–Trinajstić information content (AvgIpc) is 2.39. The van der Waals surface area contributed by atoms with Crippen molar-refractivity contribution >= 4 is 17.5 Å². The van der Waals surface area contributed by atoms with Gasteiger partial charge in [-0.15, -0.1) is 0 Å². The Labute approximate surface area is 117 Å². The number of benzene rings is 1. The van der Waals surface area contributed by atoms with Gasteiger partial charge in [-0.25, -0.2) is 4.39 Å². The molecular weight excluding hydrogens is 269 g/mol. The van der Waals surface area contributed by atoms with Gasteiger partial charge in [-0.3, -0.25) is 4.79 Å². The largest absolute Gasteiger partial charge is 0.387 e. The third-order valence-electron chi connectivity index (χ3n) is 2.65. The van der Waals surface area contributed by atoms with Crippen LogP contribution in [0.15, 0.2) is 29.8 Å². The van der Waals surface area contributed by atoms with Crippen molar-refractivity contribution in [3.05, 3.63) is 46.3 Å². The van der Waals surface area contributed by atoms with E-state index in [2.05, 4.69) is 5.32 Å². The fraction of sp³-hybridized carbons (Fsp3) is 0.357. The fourth-order valence-electron chi connectivity index (χ4n) is 1.57. The number of nitrogens with one attached hydrogen (secondary N) is 1. The van der Waals surface area contributed by atoms with Crippen LogP contribution in [0.2, 0.25) is 5.02 Å². The molecule has 1 atom stereocenters. The lowest BCUT2D eigenvalue weighted by molar-refractivity contribution is -0.117. The number of carbonyl (C=O) groups is 1. The van der Waals surface area contributed by atoms with E-state index in [9.17, 15) is 14.3 Å². The Kier molecular flexibility index (Phi) is 5.99. The predicted octanol–water partition coefficient (Wildman–Crippen LogP) is 2.99. The van der Waals surface area contributed by atoms with Gasteiger partial charge in [0.1, 0.15) is 5.82 Å². The van der Waals surface area contributed by atoms with E-state index in [0.29, 0.717) is 11.1 Å². The minimum absolute atomic E-state index is 0.00158. The Balaban J connectivity index is 2.60. The van der Waals surface area contributed by atoms with Crippen molar-refractivity contribution in [3.8, 4) is 0 Å². The third kappa shape index (κ3) is 4.65. The summed E-state index contributed by atoms with van der Waals surface area (Å²) in [4.78, 5) is 11.6. The van der Waals surface area contributed by atoms with E-state index < -0.39 is 11.9 Å². The van der Waals surface area contributed by atoms with Gasteiger partial charge in [0.05, 0.1) is 11.1 Å². The summed E-state index contributed by atoms with van der Waals surface area (Å²) in [5.41, 5.74) is 0.969. The van der Waals surface area contributed by atoms with Crippen LogP contribution in [-0.4, -0.2) is 17.6 Å². The fourth-order valence-corrected chi connectivity index (χ4v) is 1.68. The van der Waals surface area contributed by atoms with Crippen LogP contribution in [0.5, 0.6) is 0 Å². The van der Waals surface area contributed by atoms with Gasteiger partial charge in [-0.05, 0) is 31.0 Å². The summed E-state index contributed by atoms with van der Waals surface area (Å²) in [5.74, 6) is -0.832. The summed E-state index contributed by atoms with van der Waals surface area (Å²) >= 11 is 5.56. The van der Waals surface area contributed by atoms with Crippen molar-refractivity contribution in [1.29, 1.82) is 0 Å². The number of amides is 1. The summed E-state index contributed by atoms with van der Waals surface area (Å²) in [7, 11) is 0. The lowest BCUT2D eigenvalue weighted by Crippen LogP contribution is -2.29. The number of allylic oxidation sites excluding steroid dienone is 1. The van der Waals surface area contributed by atoms with Gasteiger partial charge in [0.2, 0.25) is 5.91 Å². The first-order valence-electron chi connectivity index (χ1n) is 6.03. The van der Waals surface area contributed by atoms with Crippen LogP contribution in [0, 0.1) is 5.82 Å². The van der Waals surface area contributed by atoms with Crippen molar-refractivity contribution < 1.29 is 14.3 Å². The van der Waals surface area contributed by atoms with Crippen LogP contribution in [0.3, 0.4) is 0 Å². The van der Waals surface area contributed by atoms with Crippen LogP contribution in [0.25, 0.3) is 0 Å². The summed E-state index contributed by atoms with van der Waals surface area (Å²) in [6, 6.07) is 4.06. The maximum Gasteiger partial charge on any atom is 0.246 e. The number of hydrogen-bond acceptors (Lipinski definition) is 2. The maximum absolute atomic E-state index is 13.2. The molecule has 0 aromatic heterocycles. The molecule has 0 spiro atoms. The Morgan fingerprint density at radius 3 is 2.84 bits per heavy atom. The molecule has 0 fully saturated rings. The van der Waals surface area contributed by atoms with Crippen LogP contribution in [0.1, 0.15) is 31.9 Å². The first-order valence-corrected chi connectivity index (χ1v) is 6.41. The zero-order valence-electron chi connectivity index (χ0n) is 10.9. The molecule has 0 heterocycles. The van der Waals surface area contributed by atoms with E-state index in [-0.39, 0.29) is 17.5 Å². The number of aliphatic hydroxyl groups is 1. The van der Waals surface area contributed by atoms with E-state index >= 15 is 0 Å². The monoisotopic (exact) mass is 285 g/mol. The molecule has 1 rings (SSSR count). The van der Waals surface area contributed by atoms with Crippen molar-refractivity contribution in [1.82, 2.24) is 5.32 Å². The molecule has 104 valence electrons. The quantitative estimate of drug-likeness (QED) is 0.817. The lowest BCUT2D eigenvalue weighted by atomic mass is 10.1. The van der Waals surface area contributed by atoms with E-state index in [1.165, 1.54) is 12.1 Å². The maximum atomic E-state index is 13.2. The van der Waals surface area contributed by atoms with Crippen molar-refractivity contribution in [2.24, 2.45) is 0 Å². The number of rotatable bonds is 5. The van der Waals surface area contributed by atoms with Crippen LogP contribution in [-0.2, 0) is 4.79 Å². The first kappa shape index (κ1) is 15.7. The normalized spacial score (nSPS) is 13.2. The molecule has 0 saturated heterocycles. The standard InChI is InChI=1S/C14H17ClFNO2/c1-3-4-9(2)14(19)17-8-13(18)10-5-6-11(15)12(16)7-10/h4-7,13,18H,3,8H2,1-2H3,(H,17,19)/b9-4-. The van der Waals surface area contributed by atoms with Gasteiger partial charge in [-0.2, -0.15) is 0 Å². The van der Waals surface area contributed by atoms with Crippen LogP contribution < -0.4 is 5.32 Å². The highest BCUT2D eigenvalue weighted by Crippen LogP contribution is 2.19. The van der Waals surface area contributed by atoms with Gasteiger partial charge in [0.25, 0.3) is 0 Å². The summed E-state index contributed by atoms with van der Waals surface area (Å²) in [6.45, 7) is 3.66. The molecule has 1 amide bonds. The van der Waals surface area contributed by atoms with E-state index in [1.807, 2.05) is 6.92 Å². The predicted molar refractivity (Wildman–Crippen MR) is 73.4 cm³/mol. The minimum atomic E-state index is -0.967. The van der Waals surface area contributed by atoms with Gasteiger partial charge in [0, 0.05) is 12.1 Å². The molecule has 1 aromatic rings. The second-order valence-corrected chi connectivity index (χ2v) is 4.60.